The van der Waals surface area contributed by atoms with Crippen LogP contribution < -0.4 is 5.73 Å². The summed E-state index contributed by atoms with van der Waals surface area (Å²) < 4.78 is 0. The van der Waals surface area contributed by atoms with Crippen LogP contribution in [0.1, 0.15) is 6.42 Å². The van der Waals surface area contributed by atoms with Crippen molar-refractivity contribution < 1.29 is 0 Å². The van der Waals surface area contributed by atoms with Gasteiger partial charge in [0.1, 0.15) is 0 Å². The van der Waals surface area contributed by atoms with Gasteiger partial charge < -0.3 is 5.73 Å². The van der Waals surface area contributed by atoms with Crippen LogP contribution in [-0.4, -0.2) is 6.04 Å². The van der Waals surface area contributed by atoms with Crippen LogP contribution in [0.3, 0.4) is 0 Å². The average Bonchev–Trinajstić information content (AvgIpc) is 2.26. The van der Waals surface area contributed by atoms with Gasteiger partial charge in [-0.25, -0.2) is 0 Å². The molecule has 0 saturated heterocycles. The zero-order valence-corrected chi connectivity index (χ0v) is 4.17. The molecule has 1 fully saturated rings. The van der Waals surface area contributed by atoms with Gasteiger partial charge in [0.25, 0.3) is 0 Å². The molecule has 1 saturated carbocycles. The minimum atomic E-state index is 0.532. The van der Waals surface area contributed by atoms with Crippen molar-refractivity contribution in [3.8, 4) is 0 Å². The van der Waals surface area contributed by atoms with E-state index in [9.17, 15) is 0 Å². The standard InChI is InChI=1S/C6H9N/c7-6-4-2-1-3-5(4)6/h1-2,4-6H,3,7H2/t4-,5+,6+/m0/s1. The summed E-state index contributed by atoms with van der Waals surface area (Å²) in [7, 11) is 0. The Morgan fingerprint density at radius 1 is 1.57 bits per heavy atom. The second-order valence-electron chi connectivity index (χ2n) is 2.48. The third-order valence-electron chi connectivity index (χ3n) is 2.06. The van der Waals surface area contributed by atoms with Crippen LogP contribution in [0, 0.1) is 11.8 Å². The van der Waals surface area contributed by atoms with E-state index in [-0.39, 0.29) is 0 Å². The molecule has 2 aliphatic rings. The molecule has 2 aliphatic carbocycles. The molecule has 0 aromatic heterocycles. The highest BCUT2D eigenvalue weighted by atomic mass is 14.8. The lowest BCUT2D eigenvalue weighted by Crippen LogP contribution is -2.03. The third-order valence-corrected chi connectivity index (χ3v) is 2.06. The molecule has 0 unspecified atom stereocenters. The van der Waals surface area contributed by atoms with Gasteiger partial charge in [0.15, 0.2) is 0 Å². The lowest BCUT2D eigenvalue weighted by Gasteiger charge is -1.82. The summed E-state index contributed by atoms with van der Waals surface area (Å²) in [5.41, 5.74) is 5.62. The van der Waals surface area contributed by atoms with Crippen molar-refractivity contribution in [1.29, 1.82) is 0 Å². The zero-order chi connectivity index (χ0) is 4.85. The van der Waals surface area contributed by atoms with E-state index in [4.69, 9.17) is 5.73 Å². The third kappa shape index (κ3) is 0.317. The van der Waals surface area contributed by atoms with Gasteiger partial charge in [-0.1, -0.05) is 12.2 Å². The first-order valence-electron chi connectivity index (χ1n) is 2.82. The number of nitrogens with two attached hydrogens (primary N) is 1. The molecule has 0 amide bonds. The molecule has 1 heteroatoms. The molecule has 7 heavy (non-hydrogen) atoms. The Balaban J connectivity index is 2.18. The fourth-order valence-electron chi connectivity index (χ4n) is 1.41. The maximum Gasteiger partial charge on any atom is 0.0143 e. The summed E-state index contributed by atoms with van der Waals surface area (Å²) in [5.74, 6) is 1.62. The Morgan fingerprint density at radius 3 is 2.71 bits per heavy atom. The molecule has 0 bridgehead atoms. The minimum absolute atomic E-state index is 0.532. The molecular weight excluding hydrogens is 86.1 g/mol. The van der Waals surface area contributed by atoms with Crippen molar-refractivity contribution in [1.82, 2.24) is 0 Å². The second-order valence-corrected chi connectivity index (χ2v) is 2.48. The van der Waals surface area contributed by atoms with Gasteiger partial charge in [0.05, 0.1) is 0 Å². The SMILES string of the molecule is N[C@@H]1[C@H]2C=CC[C@@H]12. The van der Waals surface area contributed by atoms with Crippen molar-refractivity contribution >= 4 is 0 Å². The van der Waals surface area contributed by atoms with Gasteiger partial charge >= 0.3 is 0 Å². The van der Waals surface area contributed by atoms with E-state index in [1.165, 1.54) is 6.42 Å². The fourth-order valence-corrected chi connectivity index (χ4v) is 1.41. The summed E-state index contributed by atoms with van der Waals surface area (Å²) in [6.45, 7) is 0. The Labute approximate surface area is 43.2 Å². The molecule has 0 aliphatic heterocycles. The smallest absolute Gasteiger partial charge is 0.0143 e. The number of rotatable bonds is 0. The van der Waals surface area contributed by atoms with Crippen LogP contribution >= 0.6 is 0 Å². The monoisotopic (exact) mass is 95.1 g/mol. The Hall–Kier alpha value is -0.300. The number of allylic oxidation sites excluding steroid dienone is 1. The lowest BCUT2D eigenvalue weighted by atomic mass is 10.3. The molecule has 3 atom stereocenters. The first kappa shape index (κ1) is 3.67. The summed E-state index contributed by atoms with van der Waals surface area (Å²) in [6.07, 6.45) is 5.72. The Morgan fingerprint density at radius 2 is 2.43 bits per heavy atom. The fraction of sp³-hybridized carbons (Fsp3) is 0.667. The normalized spacial score (nSPS) is 54.7. The number of hydrogen-bond acceptors (Lipinski definition) is 1. The van der Waals surface area contributed by atoms with E-state index < -0.39 is 0 Å². The predicted molar refractivity (Wildman–Crippen MR) is 28.7 cm³/mol. The zero-order valence-electron chi connectivity index (χ0n) is 4.17. The molecule has 38 valence electrons. The van der Waals surface area contributed by atoms with Gasteiger partial charge in [-0.3, -0.25) is 0 Å². The molecule has 0 aromatic rings. The van der Waals surface area contributed by atoms with Crippen LogP contribution in [0.25, 0.3) is 0 Å². The van der Waals surface area contributed by atoms with Crippen molar-refractivity contribution in [3.05, 3.63) is 12.2 Å². The van der Waals surface area contributed by atoms with Gasteiger partial charge in [-0.2, -0.15) is 0 Å². The highest BCUT2D eigenvalue weighted by molar-refractivity contribution is 5.19. The van der Waals surface area contributed by atoms with Crippen LogP contribution in [-0.2, 0) is 0 Å². The van der Waals surface area contributed by atoms with Crippen molar-refractivity contribution in [2.45, 2.75) is 12.5 Å². The van der Waals surface area contributed by atoms with Crippen molar-refractivity contribution in [2.75, 3.05) is 0 Å². The highest BCUT2D eigenvalue weighted by Gasteiger charge is 2.47. The first-order valence-corrected chi connectivity index (χ1v) is 2.82. The molecule has 0 aromatic carbocycles. The first-order chi connectivity index (χ1) is 3.39. The van der Waals surface area contributed by atoms with E-state index in [0.29, 0.717) is 6.04 Å². The van der Waals surface area contributed by atoms with E-state index in [2.05, 4.69) is 12.2 Å². The molecule has 0 spiro atoms. The maximum absolute atomic E-state index is 5.62. The van der Waals surface area contributed by atoms with Crippen LogP contribution in [0.15, 0.2) is 12.2 Å². The van der Waals surface area contributed by atoms with Gasteiger partial charge in [0, 0.05) is 6.04 Å². The highest BCUT2D eigenvalue weighted by Crippen LogP contribution is 2.45. The van der Waals surface area contributed by atoms with E-state index in [1.54, 1.807) is 0 Å². The predicted octanol–water partition coefficient (Wildman–Crippen LogP) is 0.520. The molecule has 0 radical (unpaired) electrons. The van der Waals surface area contributed by atoms with Crippen molar-refractivity contribution in [3.63, 3.8) is 0 Å². The summed E-state index contributed by atoms with van der Waals surface area (Å²) in [5, 5.41) is 0. The maximum atomic E-state index is 5.62. The molecule has 2 N–H and O–H groups in total. The van der Waals surface area contributed by atoms with Gasteiger partial charge in [0.2, 0.25) is 0 Å². The summed E-state index contributed by atoms with van der Waals surface area (Å²) >= 11 is 0. The molecule has 1 nitrogen and oxygen atoms in total. The average molecular weight is 95.1 g/mol. The Kier molecular flexibility index (Phi) is 0.482. The van der Waals surface area contributed by atoms with Gasteiger partial charge in [-0.05, 0) is 18.3 Å². The minimum Gasteiger partial charge on any atom is -0.327 e. The molecular formula is C6H9N. The lowest BCUT2D eigenvalue weighted by molar-refractivity contribution is 0.816. The van der Waals surface area contributed by atoms with E-state index >= 15 is 0 Å². The van der Waals surface area contributed by atoms with Crippen LogP contribution in [0.4, 0.5) is 0 Å². The number of fused-ring (bicyclic) bond motifs is 1. The topological polar surface area (TPSA) is 26.0 Å². The summed E-state index contributed by atoms with van der Waals surface area (Å²) in [6, 6.07) is 0.532. The second kappa shape index (κ2) is 0.920. The van der Waals surface area contributed by atoms with Crippen molar-refractivity contribution in [2.24, 2.45) is 17.6 Å². The quantitative estimate of drug-likeness (QED) is 0.436. The largest absolute Gasteiger partial charge is 0.327 e. The molecule has 2 rings (SSSR count). The van der Waals surface area contributed by atoms with Crippen LogP contribution in [0.2, 0.25) is 0 Å². The van der Waals surface area contributed by atoms with E-state index in [0.717, 1.165) is 11.8 Å². The Bertz CT molecular complexity index is 117. The summed E-state index contributed by atoms with van der Waals surface area (Å²) in [4.78, 5) is 0. The van der Waals surface area contributed by atoms with Gasteiger partial charge in [-0.15, -0.1) is 0 Å². The number of hydrogen-bond donors (Lipinski definition) is 1. The van der Waals surface area contributed by atoms with E-state index in [1.807, 2.05) is 0 Å². The molecule has 0 heterocycles. The van der Waals surface area contributed by atoms with Crippen LogP contribution in [0.5, 0.6) is 0 Å².